The van der Waals surface area contributed by atoms with Crippen molar-refractivity contribution in [2.24, 2.45) is 0 Å². The first-order valence-electron chi connectivity index (χ1n) is 11.0. The lowest BCUT2D eigenvalue weighted by Crippen LogP contribution is -2.34. The van der Waals surface area contributed by atoms with Gasteiger partial charge in [0, 0.05) is 21.1 Å². The number of fused-ring (bicyclic) bond motifs is 1. The van der Waals surface area contributed by atoms with E-state index in [9.17, 15) is 9.59 Å². The highest BCUT2D eigenvalue weighted by Crippen LogP contribution is 2.26. The van der Waals surface area contributed by atoms with Crippen LogP contribution in [0, 0.1) is 6.92 Å². The summed E-state index contributed by atoms with van der Waals surface area (Å²) in [6, 6.07) is 25.6. The van der Waals surface area contributed by atoms with E-state index >= 15 is 0 Å². The van der Waals surface area contributed by atoms with Gasteiger partial charge in [-0.3, -0.25) is 10.1 Å². The van der Waals surface area contributed by atoms with Gasteiger partial charge in [-0.2, -0.15) is 0 Å². The zero-order valence-corrected chi connectivity index (χ0v) is 21.4. The van der Waals surface area contributed by atoms with Crippen molar-refractivity contribution in [3.05, 3.63) is 111 Å². The van der Waals surface area contributed by atoms with Crippen LogP contribution >= 0.6 is 28.1 Å². The quantitative estimate of drug-likeness (QED) is 0.184. The molecule has 0 spiro atoms. The minimum atomic E-state index is -0.472. The second-order valence-corrected chi connectivity index (χ2v) is 9.42. The van der Waals surface area contributed by atoms with Gasteiger partial charge in [0.25, 0.3) is 5.91 Å². The normalized spacial score (nSPS) is 10.8. The average molecular weight is 559 g/mol. The molecule has 0 aliphatic rings. The number of amides is 1. The first-order chi connectivity index (χ1) is 17.4. The van der Waals surface area contributed by atoms with Gasteiger partial charge in [-0.25, -0.2) is 4.79 Å². The molecule has 6 nitrogen and oxygen atoms in total. The smallest absolute Gasteiger partial charge is 0.344 e. The summed E-state index contributed by atoms with van der Waals surface area (Å²) in [4.78, 5) is 25.3. The Hall–Kier alpha value is -4.01. The average Bonchev–Trinajstić information content (AvgIpc) is 3.36. The monoisotopic (exact) mass is 558 g/mol. The van der Waals surface area contributed by atoms with Gasteiger partial charge in [-0.05, 0) is 72.7 Å². The van der Waals surface area contributed by atoms with Gasteiger partial charge < -0.3 is 14.2 Å². The minimum Gasteiger partial charge on any atom is -0.451 e. The Morgan fingerprint density at radius 1 is 0.889 bits per heavy atom. The molecule has 8 heteroatoms. The van der Waals surface area contributed by atoms with E-state index in [2.05, 4.69) is 26.6 Å². The zero-order chi connectivity index (χ0) is 25.2. The Balaban J connectivity index is 1.32. The molecule has 0 fully saturated rings. The molecule has 0 saturated heterocycles. The lowest BCUT2D eigenvalue weighted by Gasteiger charge is -2.13. The van der Waals surface area contributed by atoms with E-state index in [-0.39, 0.29) is 10.9 Å². The fourth-order valence-corrected chi connectivity index (χ4v) is 4.20. The van der Waals surface area contributed by atoms with Crippen LogP contribution in [0.25, 0.3) is 33.4 Å². The summed E-state index contributed by atoms with van der Waals surface area (Å²) >= 11 is 8.77. The molecule has 178 valence electrons. The van der Waals surface area contributed by atoms with Crippen molar-refractivity contribution in [1.82, 2.24) is 5.32 Å². The number of para-hydroxylation sites is 1. The van der Waals surface area contributed by atoms with E-state index in [0.29, 0.717) is 28.2 Å². The highest BCUT2D eigenvalue weighted by atomic mass is 79.9. The Morgan fingerprint density at radius 3 is 2.44 bits per heavy atom. The number of anilines is 1. The van der Waals surface area contributed by atoms with E-state index in [1.54, 1.807) is 30.3 Å². The third-order valence-electron chi connectivity index (χ3n) is 5.62. The maximum Gasteiger partial charge on any atom is 0.344 e. The summed E-state index contributed by atoms with van der Waals surface area (Å²) in [5, 5.41) is 6.61. The standard InChI is InChI=1S/C28H19BrN2O4S/c1-16-6-7-18(21-14-19-4-2-3-5-23(19)35-27(21)33)15-22(16)30-28(36)31-26(32)25-13-12-24(34-25)17-8-10-20(29)11-9-17/h2-15H,1H3,(H2,30,31,32,36). The van der Waals surface area contributed by atoms with Gasteiger partial charge in [0.15, 0.2) is 10.9 Å². The molecule has 5 aromatic rings. The molecule has 2 N–H and O–H groups in total. The van der Waals surface area contributed by atoms with Crippen LogP contribution in [-0.4, -0.2) is 11.0 Å². The van der Waals surface area contributed by atoms with Crippen molar-refractivity contribution in [2.45, 2.75) is 6.92 Å². The van der Waals surface area contributed by atoms with Crippen LogP contribution in [0.1, 0.15) is 16.1 Å². The van der Waals surface area contributed by atoms with Gasteiger partial charge in [0.05, 0.1) is 5.56 Å². The molecule has 0 unspecified atom stereocenters. The van der Waals surface area contributed by atoms with Crippen molar-refractivity contribution < 1.29 is 13.6 Å². The number of nitrogens with one attached hydrogen (secondary N) is 2. The SMILES string of the molecule is Cc1ccc(-c2cc3ccccc3oc2=O)cc1NC(=S)NC(=O)c1ccc(-c2ccc(Br)cc2)o1. The summed E-state index contributed by atoms with van der Waals surface area (Å²) in [6.07, 6.45) is 0. The van der Waals surface area contributed by atoms with Crippen molar-refractivity contribution >= 4 is 55.8 Å². The Labute approximate surface area is 220 Å². The maximum atomic E-state index is 12.7. The number of furan rings is 1. The van der Waals surface area contributed by atoms with E-state index < -0.39 is 11.5 Å². The molecular weight excluding hydrogens is 540 g/mol. The number of rotatable bonds is 4. The van der Waals surface area contributed by atoms with Crippen molar-refractivity contribution in [2.75, 3.05) is 5.32 Å². The van der Waals surface area contributed by atoms with E-state index in [1.807, 2.05) is 61.5 Å². The van der Waals surface area contributed by atoms with Crippen LogP contribution in [0.4, 0.5) is 5.69 Å². The number of carbonyl (C=O) groups is 1. The van der Waals surface area contributed by atoms with Gasteiger partial charge in [-0.15, -0.1) is 0 Å². The summed E-state index contributed by atoms with van der Waals surface area (Å²) in [6.45, 7) is 1.90. The summed E-state index contributed by atoms with van der Waals surface area (Å²) in [5.41, 5.74) is 3.59. The maximum absolute atomic E-state index is 12.7. The molecule has 3 aromatic carbocycles. The van der Waals surface area contributed by atoms with Gasteiger partial charge >= 0.3 is 5.63 Å². The van der Waals surface area contributed by atoms with Crippen LogP contribution in [0.3, 0.4) is 0 Å². The number of halogens is 1. The number of aryl methyl sites for hydroxylation is 1. The third kappa shape index (κ3) is 5.00. The molecule has 0 bridgehead atoms. The van der Waals surface area contributed by atoms with Crippen LogP contribution in [0.15, 0.2) is 103 Å². The second kappa shape index (κ2) is 9.93. The van der Waals surface area contributed by atoms with Crippen molar-refractivity contribution in [3.8, 4) is 22.5 Å². The highest BCUT2D eigenvalue weighted by molar-refractivity contribution is 9.10. The zero-order valence-electron chi connectivity index (χ0n) is 19.0. The van der Waals surface area contributed by atoms with Gasteiger partial charge in [-0.1, -0.05) is 58.4 Å². The van der Waals surface area contributed by atoms with Crippen LogP contribution in [0.2, 0.25) is 0 Å². The number of hydrogen-bond acceptors (Lipinski definition) is 5. The Bertz CT molecular complexity index is 1670. The topological polar surface area (TPSA) is 84.5 Å². The summed E-state index contributed by atoms with van der Waals surface area (Å²) in [7, 11) is 0. The first kappa shape index (κ1) is 23.7. The van der Waals surface area contributed by atoms with Gasteiger partial charge in [0.2, 0.25) is 0 Å². The molecule has 2 heterocycles. The van der Waals surface area contributed by atoms with Crippen LogP contribution in [-0.2, 0) is 0 Å². The third-order valence-corrected chi connectivity index (χ3v) is 6.36. The fourth-order valence-electron chi connectivity index (χ4n) is 3.73. The van der Waals surface area contributed by atoms with Gasteiger partial charge in [0.1, 0.15) is 11.3 Å². The van der Waals surface area contributed by atoms with E-state index in [0.717, 1.165) is 21.0 Å². The molecule has 5 rings (SSSR count). The highest BCUT2D eigenvalue weighted by Gasteiger charge is 2.15. The molecule has 2 aromatic heterocycles. The molecular formula is C28H19BrN2O4S. The summed E-state index contributed by atoms with van der Waals surface area (Å²) < 4.78 is 12.1. The van der Waals surface area contributed by atoms with Crippen LogP contribution < -0.4 is 16.3 Å². The second-order valence-electron chi connectivity index (χ2n) is 8.09. The predicted molar refractivity (Wildman–Crippen MR) is 148 cm³/mol. The fraction of sp³-hybridized carbons (Fsp3) is 0.0357. The number of carbonyl (C=O) groups excluding carboxylic acids is 1. The summed E-state index contributed by atoms with van der Waals surface area (Å²) in [5.74, 6) is 0.237. The number of thiocarbonyl (C=S) groups is 1. The molecule has 36 heavy (non-hydrogen) atoms. The first-order valence-corrected chi connectivity index (χ1v) is 12.2. The Morgan fingerprint density at radius 2 is 1.64 bits per heavy atom. The lowest BCUT2D eigenvalue weighted by molar-refractivity contribution is 0.0951. The lowest BCUT2D eigenvalue weighted by atomic mass is 10.0. The minimum absolute atomic E-state index is 0.104. The van der Waals surface area contributed by atoms with Crippen LogP contribution in [0.5, 0.6) is 0 Å². The number of benzene rings is 3. The Kier molecular flexibility index (Phi) is 6.54. The number of hydrogen-bond donors (Lipinski definition) is 2. The van der Waals surface area contributed by atoms with E-state index in [4.69, 9.17) is 21.1 Å². The molecule has 0 saturated carbocycles. The molecule has 1 amide bonds. The van der Waals surface area contributed by atoms with Crippen molar-refractivity contribution in [3.63, 3.8) is 0 Å². The van der Waals surface area contributed by atoms with Crippen molar-refractivity contribution in [1.29, 1.82) is 0 Å². The largest absolute Gasteiger partial charge is 0.451 e. The molecule has 0 aliphatic heterocycles. The van der Waals surface area contributed by atoms with E-state index in [1.165, 1.54) is 0 Å². The molecule has 0 radical (unpaired) electrons. The molecule has 0 aliphatic carbocycles. The predicted octanol–water partition coefficient (Wildman–Crippen LogP) is 6.92. The molecule has 0 atom stereocenters.